The minimum absolute atomic E-state index is 0.0105. The van der Waals surface area contributed by atoms with Crippen LogP contribution in [0.15, 0.2) is 51.7 Å². The summed E-state index contributed by atoms with van der Waals surface area (Å²) in [5.41, 5.74) is 1.92. The van der Waals surface area contributed by atoms with Crippen LogP contribution in [0.5, 0.6) is 11.5 Å². The lowest BCUT2D eigenvalue weighted by Crippen LogP contribution is -2.10. The Bertz CT molecular complexity index is 953. The van der Waals surface area contributed by atoms with E-state index < -0.39 is 0 Å². The van der Waals surface area contributed by atoms with Gasteiger partial charge in [0, 0.05) is 22.5 Å². The first-order valence-corrected chi connectivity index (χ1v) is 8.67. The largest absolute Gasteiger partial charge is 0.493 e. The van der Waals surface area contributed by atoms with Crippen molar-refractivity contribution in [1.29, 1.82) is 0 Å². The number of pyridine rings is 1. The summed E-state index contributed by atoms with van der Waals surface area (Å²) in [4.78, 5) is 15.5. The molecule has 2 aromatic carbocycles. The zero-order valence-corrected chi connectivity index (χ0v) is 15.6. The van der Waals surface area contributed by atoms with E-state index in [1.807, 2.05) is 36.4 Å². The molecule has 0 atom stereocenters. The second-order valence-electron chi connectivity index (χ2n) is 5.60. The zero-order chi connectivity index (χ0) is 17.8. The van der Waals surface area contributed by atoms with Gasteiger partial charge in [0.25, 0.3) is 0 Å². The number of aromatic amines is 1. The number of benzene rings is 2. The molecule has 0 saturated carbocycles. The van der Waals surface area contributed by atoms with E-state index in [2.05, 4.69) is 26.2 Å². The van der Waals surface area contributed by atoms with Crippen LogP contribution in [0.3, 0.4) is 0 Å². The van der Waals surface area contributed by atoms with E-state index in [9.17, 15) is 4.79 Å². The molecule has 3 rings (SSSR count). The number of nitrogens with one attached hydrogen (secondary N) is 2. The fourth-order valence-electron chi connectivity index (χ4n) is 2.69. The van der Waals surface area contributed by atoms with Crippen molar-refractivity contribution in [3.05, 3.63) is 62.7 Å². The lowest BCUT2D eigenvalue weighted by Gasteiger charge is -2.11. The van der Waals surface area contributed by atoms with Crippen LogP contribution in [0.2, 0.25) is 0 Å². The molecule has 0 fully saturated rings. The van der Waals surface area contributed by atoms with Gasteiger partial charge in [-0.3, -0.25) is 4.79 Å². The lowest BCUT2D eigenvalue weighted by atomic mass is 10.1. The molecule has 1 heterocycles. The SMILES string of the molecule is COc1ccc(CCNc2cc(=O)c3cc(Br)ccc3[nH]2)cc1OC. The number of aromatic nitrogens is 1. The van der Waals surface area contributed by atoms with E-state index in [-0.39, 0.29) is 5.43 Å². The molecule has 0 saturated heterocycles. The Morgan fingerprint density at radius 1 is 1.04 bits per heavy atom. The number of halogens is 1. The highest BCUT2D eigenvalue weighted by Gasteiger charge is 2.05. The molecule has 5 nitrogen and oxygen atoms in total. The fraction of sp³-hybridized carbons (Fsp3) is 0.211. The molecule has 0 aliphatic heterocycles. The quantitative estimate of drug-likeness (QED) is 0.654. The van der Waals surface area contributed by atoms with Crippen molar-refractivity contribution in [1.82, 2.24) is 4.98 Å². The van der Waals surface area contributed by atoms with Gasteiger partial charge >= 0.3 is 0 Å². The molecule has 130 valence electrons. The standard InChI is InChI=1S/C19H19BrN2O3/c1-24-17-6-3-12(9-18(17)25-2)7-8-21-19-11-16(23)14-10-13(20)4-5-15(14)22-19/h3-6,9-11H,7-8H2,1-2H3,(H2,21,22,23). The van der Waals surface area contributed by atoms with Crippen LogP contribution in [-0.2, 0) is 6.42 Å². The first kappa shape index (κ1) is 17.4. The monoisotopic (exact) mass is 402 g/mol. The molecule has 2 N–H and O–H groups in total. The normalized spacial score (nSPS) is 10.7. The van der Waals surface area contributed by atoms with Crippen molar-refractivity contribution in [2.24, 2.45) is 0 Å². The molecule has 1 aromatic heterocycles. The van der Waals surface area contributed by atoms with Gasteiger partial charge in [-0.2, -0.15) is 0 Å². The van der Waals surface area contributed by atoms with Crippen LogP contribution in [-0.4, -0.2) is 25.7 Å². The van der Waals surface area contributed by atoms with Crippen molar-refractivity contribution in [2.75, 3.05) is 26.1 Å². The maximum atomic E-state index is 12.2. The molecule has 0 bridgehead atoms. The third-order valence-corrected chi connectivity index (χ3v) is 4.46. The number of rotatable bonds is 6. The second-order valence-corrected chi connectivity index (χ2v) is 6.52. The molecule has 0 radical (unpaired) electrons. The van der Waals surface area contributed by atoms with E-state index in [1.54, 1.807) is 20.3 Å². The van der Waals surface area contributed by atoms with Crippen molar-refractivity contribution in [2.45, 2.75) is 6.42 Å². The number of anilines is 1. The fourth-order valence-corrected chi connectivity index (χ4v) is 3.05. The molecule has 0 aliphatic carbocycles. The van der Waals surface area contributed by atoms with Gasteiger partial charge in [-0.1, -0.05) is 22.0 Å². The van der Waals surface area contributed by atoms with Gasteiger partial charge < -0.3 is 19.8 Å². The number of fused-ring (bicyclic) bond motifs is 1. The Kier molecular flexibility index (Phi) is 5.28. The van der Waals surface area contributed by atoms with E-state index in [0.29, 0.717) is 29.2 Å². The average molecular weight is 403 g/mol. The molecule has 0 spiro atoms. The van der Waals surface area contributed by atoms with Crippen molar-refractivity contribution in [3.8, 4) is 11.5 Å². The maximum Gasteiger partial charge on any atom is 0.191 e. The number of H-pyrrole nitrogens is 1. The van der Waals surface area contributed by atoms with Crippen molar-refractivity contribution in [3.63, 3.8) is 0 Å². The smallest absolute Gasteiger partial charge is 0.191 e. The van der Waals surface area contributed by atoms with E-state index in [0.717, 1.165) is 22.0 Å². The summed E-state index contributed by atoms with van der Waals surface area (Å²) in [5.74, 6) is 2.13. The minimum atomic E-state index is -0.0105. The molecular weight excluding hydrogens is 384 g/mol. The topological polar surface area (TPSA) is 63.3 Å². The predicted octanol–water partition coefficient (Wildman–Crippen LogP) is 3.96. The summed E-state index contributed by atoms with van der Waals surface area (Å²) in [6.07, 6.45) is 0.792. The number of hydrogen-bond acceptors (Lipinski definition) is 4. The summed E-state index contributed by atoms with van der Waals surface area (Å²) in [7, 11) is 3.24. The Labute approximate surface area is 154 Å². The van der Waals surface area contributed by atoms with E-state index >= 15 is 0 Å². The minimum Gasteiger partial charge on any atom is -0.493 e. The first-order valence-electron chi connectivity index (χ1n) is 7.88. The van der Waals surface area contributed by atoms with Crippen LogP contribution in [0.25, 0.3) is 10.9 Å². The zero-order valence-electron chi connectivity index (χ0n) is 14.1. The number of methoxy groups -OCH3 is 2. The Morgan fingerprint density at radius 3 is 2.60 bits per heavy atom. The Balaban J connectivity index is 1.71. The van der Waals surface area contributed by atoms with Gasteiger partial charge in [-0.25, -0.2) is 0 Å². The van der Waals surface area contributed by atoms with E-state index in [1.165, 1.54) is 0 Å². The number of hydrogen-bond donors (Lipinski definition) is 2. The highest BCUT2D eigenvalue weighted by molar-refractivity contribution is 9.10. The van der Waals surface area contributed by atoms with Crippen LogP contribution in [0.4, 0.5) is 5.82 Å². The van der Waals surface area contributed by atoms with Crippen LogP contribution < -0.4 is 20.2 Å². The van der Waals surface area contributed by atoms with Gasteiger partial charge in [0.2, 0.25) is 0 Å². The van der Waals surface area contributed by atoms with Gasteiger partial charge in [0.15, 0.2) is 16.9 Å². The highest BCUT2D eigenvalue weighted by Crippen LogP contribution is 2.27. The van der Waals surface area contributed by atoms with Crippen LogP contribution in [0, 0.1) is 0 Å². The summed E-state index contributed by atoms with van der Waals surface area (Å²) < 4.78 is 11.5. The maximum absolute atomic E-state index is 12.2. The lowest BCUT2D eigenvalue weighted by molar-refractivity contribution is 0.354. The van der Waals surface area contributed by atoms with Crippen molar-refractivity contribution >= 4 is 32.7 Å². The first-order chi connectivity index (χ1) is 12.1. The average Bonchev–Trinajstić information content (AvgIpc) is 2.62. The van der Waals surface area contributed by atoms with Gasteiger partial charge in [0.1, 0.15) is 5.82 Å². The molecule has 0 aliphatic rings. The second kappa shape index (κ2) is 7.61. The third-order valence-electron chi connectivity index (χ3n) is 3.97. The molecule has 25 heavy (non-hydrogen) atoms. The molecule has 0 unspecified atom stereocenters. The van der Waals surface area contributed by atoms with Gasteiger partial charge in [-0.15, -0.1) is 0 Å². The summed E-state index contributed by atoms with van der Waals surface area (Å²) in [6, 6.07) is 13.1. The predicted molar refractivity (Wildman–Crippen MR) is 104 cm³/mol. The van der Waals surface area contributed by atoms with Crippen LogP contribution in [0.1, 0.15) is 5.56 Å². The molecular formula is C19H19BrN2O3. The summed E-state index contributed by atoms with van der Waals surface area (Å²) in [5, 5.41) is 3.93. The van der Waals surface area contributed by atoms with Crippen LogP contribution >= 0.6 is 15.9 Å². The summed E-state index contributed by atoms with van der Waals surface area (Å²) in [6.45, 7) is 0.688. The van der Waals surface area contributed by atoms with Gasteiger partial charge in [-0.05, 0) is 42.3 Å². The Hall–Kier alpha value is -2.47. The summed E-state index contributed by atoms with van der Waals surface area (Å²) >= 11 is 3.39. The van der Waals surface area contributed by atoms with Crippen molar-refractivity contribution < 1.29 is 9.47 Å². The Morgan fingerprint density at radius 2 is 1.84 bits per heavy atom. The molecule has 3 aromatic rings. The molecule has 6 heteroatoms. The number of ether oxygens (including phenoxy) is 2. The van der Waals surface area contributed by atoms with Gasteiger partial charge in [0.05, 0.1) is 19.7 Å². The van der Waals surface area contributed by atoms with E-state index in [4.69, 9.17) is 9.47 Å². The third kappa shape index (κ3) is 3.96. The molecule has 0 amide bonds. The highest BCUT2D eigenvalue weighted by atomic mass is 79.9.